The van der Waals surface area contributed by atoms with Crippen molar-refractivity contribution in [3.8, 4) is 0 Å². The molecule has 21 heavy (non-hydrogen) atoms. The van der Waals surface area contributed by atoms with Crippen LogP contribution in [0, 0.1) is 5.92 Å². The topological polar surface area (TPSA) is 67.6 Å². The lowest BCUT2D eigenvalue weighted by atomic mass is 9.97. The van der Waals surface area contributed by atoms with Crippen LogP contribution in [0.5, 0.6) is 0 Å². The molecule has 3 N–H and O–H groups in total. The molecule has 2 unspecified atom stereocenters. The van der Waals surface area contributed by atoms with Crippen LogP contribution >= 0.6 is 0 Å². The first-order valence-electron chi connectivity index (χ1n) is 7.49. The van der Waals surface area contributed by atoms with E-state index in [2.05, 4.69) is 10.2 Å². The molecule has 1 aliphatic heterocycles. The highest BCUT2D eigenvalue weighted by Gasteiger charge is 2.27. The van der Waals surface area contributed by atoms with Gasteiger partial charge in [-0.1, -0.05) is 0 Å². The zero-order chi connectivity index (χ0) is 15.2. The highest BCUT2D eigenvalue weighted by molar-refractivity contribution is 5.94. The van der Waals surface area contributed by atoms with Gasteiger partial charge in [-0.3, -0.25) is 9.69 Å². The van der Waals surface area contributed by atoms with Crippen molar-refractivity contribution in [2.75, 3.05) is 37.9 Å². The van der Waals surface area contributed by atoms with Crippen molar-refractivity contribution in [1.29, 1.82) is 0 Å². The third kappa shape index (κ3) is 4.44. The highest BCUT2D eigenvalue weighted by Crippen LogP contribution is 2.19. The Balaban J connectivity index is 1.90. The fourth-order valence-corrected chi connectivity index (χ4v) is 2.80. The van der Waals surface area contributed by atoms with Crippen molar-refractivity contribution in [2.24, 2.45) is 5.92 Å². The first-order chi connectivity index (χ1) is 10.1. The van der Waals surface area contributed by atoms with Gasteiger partial charge in [-0.25, -0.2) is 0 Å². The molecule has 0 spiro atoms. The summed E-state index contributed by atoms with van der Waals surface area (Å²) in [7, 11) is 1.73. The number of nitrogens with zero attached hydrogens (tertiary/aromatic N) is 1. The summed E-state index contributed by atoms with van der Waals surface area (Å²) in [6.45, 7) is 4.62. The molecule has 2 rings (SSSR count). The Bertz CT molecular complexity index is 459. The van der Waals surface area contributed by atoms with Crippen molar-refractivity contribution in [3.63, 3.8) is 0 Å². The number of methoxy groups -OCH3 is 1. The molecule has 5 nitrogen and oxygen atoms in total. The molecule has 0 saturated carbocycles. The summed E-state index contributed by atoms with van der Waals surface area (Å²) in [5.74, 6) is 0.549. The van der Waals surface area contributed by atoms with E-state index < -0.39 is 0 Å². The normalized spacial score (nSPS) is 21.0. The molecule has 1 saturated heterocycles. The van der Waals surface area contributed by atoms with Gasteiger partial charge in [-0.2, -0.15) is 0 Å². The maximum absolute atomic E-state index is 12.3. The standard InChI is InChI=1S/C16H25N3O2/c1-12(19-9-3-4-13(10-19)11-21-2)16(20)18-15-7-5-14(17)6-8-15/h5-8,12-13H,3-4,9-11,17H2,1-2H3,(H,18,20). The monoisotopic (exact) mass is 291 g/mol. The van der Waals surface area contributed by atoms with Gasteiger partial charge >= 0.3 is 0 Å². The zero-order valence-corrected chi connectivity index (χ0v) is 12.8. The van der Waals surface area contributed by atoms with Gasteiger partial charge in [0.15, 0.2) is 0 Å². The van der Waals surface area contributed by atoms with Crippen LogP contribution in [0.2, 0.25) is 0 Å². The van der Waals surface area contributed by atoms with E-state index in [1.807, 2.05) is 19.1 Å². The van der Waals surface area contributed by atoms with Crippen LogP contribution in [-0.2, 0) is 9.53 Å². The first-order valence-corrected chi connectivity index (χ1v) is 7.49. The maximum Gasteiger partial charge on any atom is 0.241 e. The summed E-state index contributed by atoms with van der Waals surface area (Å²) < 4.78 is 5.24. The van der Waals surface area contributed by atoms with Gasteiger partial charge in [-0.05, 0) is 56.5 Å². The number of nitrogens with two attached hydrogens (primary N) is 1. The first kappa shape index (κ1) is 15.8. The summed E-state index contributed by atoms with van der Waals surface area (Å²) in [5.41, 5.74) is 7.12. The highest BCUT2D eigenvalue weighted by atomic mass is 16.5. The Kier molecular flexibility index (Phi) is 5.59. The van der Waals surface area contributed by atoms with E-state index in [9.17, 15) is 4.79 Å². The van der Waals surface area contributed by atoms with Crippen LogP contribution < -0.4 is 11.1 Å². The third-order valence-electron chi connectivity index (χ3n) is 4.06. The summed E-state index contributed by atoms with van der Waals surface area (Å²) in [5, 5.41) is 2.95. The second-order valence-electron chi connectivity index (χ2n) is 5.75. The zero-order valence-electron chi connectivity index (χ0n) is 12.8. The number of amides is 1. The molecular weight excluding hydrogens is 266 g/mol. The van der Waals surface area contributed by atoms with Crippen LogP contribution in [-0.4, -0.2) is 43.7 Å². The van der Waals surface area contributed by atoms with E-state index in [1.165, 1.54) is 6.42 Å². The summed E-state index contributed by atoms with van der Waals surface area (Å²) in [4.78, 5) is 14.6. The molecule has 5 heteroatoms. The number of hydrogen-bond donors (Lipinski definition) is 2. The molecule has 1 fully saturated rings. The van der Waals surface area contributed by atoms with Gasteiger partial charge in [0.05, 0.1) is 12.6 Å². The van der Waals surface area contributed by atoms with Gasteiger partial charge in [-0.15, -0.1) is 0 Å². The molecule has 1 amide bonds. The van der Waals surface area contributed by atoms with E-state index in [0.29, 0.717) is 11.6 Å². The molecule has 1 aliphatic rings. The molecule has 1 heterocycles. The minimum Gasteiger partial charge on any atom is -0.399 e. The molecule has 2 atom stereocenters. The molecule has 116 valence electrons. The lowest BCUT2D eigenvalue weighted by Gasteiger charge is -2.35. The number of nitrogens with one attached hydrogen (secondary N) is 1. The fraction of sp³-hybridized carbons (Fsp3) is 0.562. The minimum atomic E-state index is -0.137. The number of carbonyl (C=O) groups excluding carboxylic acids is 1. The Morgan fingerprint density at radius 1 is 1.48 bits per heavy atom. The number of benzene rings is 1. The minimum absolute atomic E-state index is 0.0258. The average Bonchev–Trinajstić information content (AvgIpc) is 2.49. The molecular formula is C16H25N3O2. The van der Waals surface area contributed by atoms with Gasteiger partial charge in [0.2, 0.25) is 5.91 Å². The van der Waals surface area contributed by atoms with E-state index in [4.69, 9.17) is 10.5 Å². The number of likely N-dealkylation sites (tertiary alicyclic amines) is 1. The number of anilines is 2. The second-order valence-corrected chi connectivity index (χ2v) is 5.75. The van der Waals surface area contributed by atoms with E-state index in [1.54, 1.807) is 19.2 Å². The molecule has 1 aromatic carbocycles. The Hall–Kier alpha value is -1.59. The van der Waals surface area contributed by atoms with Crippen LogP contribution in [0.15, 0.2) is 24.3 Å². The number of rotatable bonds is 5. The number of nitrogen functional groups attached to an aromatic ring is 1. The Labute approximate surface area is 126 Å². The van der Waals surface area contributed by atoms with E-state index >= 15 is 0 Å². The van der Waals surface area contributed by atoms with Crippen LogP contribution in [0.3, 0.4) is 0 Å². The SMILES string of the molecule is COCC1CCCN(C(C)C(=O)Nc2ccc(N)cc2)C1. The molecule has 0 aliphatic carbocycles. The molecule has 0 aromatic heterocycles. The predicted molar refractivity (Wildman–Crippen MR) is 85.1 cm³/mol. The maximum atomic E-state index is 12.3. The van der Waals surface area contributed by atoms with Gasteiger partial charge < -0.3 is 15.8 Å². The van der Waals surface area contributed by atoms with Crippen molar-refractivity contribution >= 4 is 17.3 Å². The molecule has 1 aromatic rings. The number of ether oxygens (including phenoxy) is 1. The molecule has 0 radical (unpaired) electrons. The van der Waals surface area contributed by atoms with Crippen molar-refractivity contribution < 1.29 is 9.53 Å². The van der Waals surface area contributed by atoms with E-state index in [-0.39, 0.29) is 11.9 Å². The number of hydrogen-bond acceptors (Lipinski definition) is 4. The predicted octanol–water partition coefficient (Wildman–Crippen LogP) is 1.95. The third-order valence-corrected chi connectivity index (χ3v) is 4.06. The molecule has 0 bridgehead atoms. The number of piperidine rings is 1. The Morgan fingerprint density at radius 2 is 2.19 bits per heavy atom. The largest absolute Gasteiger partial charge is 0.399 e. The van der Waals surface area contributed by atoms with Gasteiger partial charge in [0.1, 0.15) is 0 Å². The van der Waals surface area contributed by atoms with Gasteiger partial charge in [0.25, 0.3) is 0 Å². The van der Waals surface area contributed by atoms with E-state index in [0.717, 1.165) is 31.8 Å². The quantitative estimate of drug-likeness (QED) is 0.814. The summed E-state index contributed by atoms with van der Waals surface area (Å²) >= 11 is 0. The average molecular weight is 291 g/mol. The Morgan fingerprint density at radius 3 is 2.86 bits per heavy atom. The lowest BCUT2D eigenvalue weighted by Crippen LogP contribution is -2.47. The van der Waals surface area contributed by atoms with Crippen LogP contribution in [0.25, 0.3) is 0 Å². The number of carbonyl (C=O) groups is 1. The second kappa shape index (κ2) is 7.43. The van der Waals surface area contributed by atoms with Crippen molar-refractivity contribution in [3.05, 3.63) is 24.3 Å². The van der Waals surface area contributed by atoms with Crippen LogP contribution in [0.1, 0.15) is 19.8 Å². The van der Waals surface area contributed by atoms with Gasteiger partial charge in [0, 0.05) is 25.0 Å². The van der Waals surface area contributed by atoms with Crippen LogP contribution in [0.4, 0.5) is 11.4 Å². The van der Waals surface area contributed by atoms with Crippen molar-refractivity contribution in [1.82, 2.24) is 4.90 Å². The fourth-order valence-electron chi connectivity index (χ4n) is 2.80. The van der Waals surface area contributed by atoms with Crippen molar-refractivity contribution in [2.45, 2.75) is 25.8 Å². The summed E-state index contributed by atoms with van der Waals surface area (Å²) in [6.07, 6.45) is 2.30. The smallest absolute Gasteiger partial charge is 0.241 e. The lowest BCUT2D eigenvalue weighted by molar-refractivity contribution is -0.121. The summed E-state index contributed by atoms with van der Waals surface area (Å²) in [6, 6.07) is 7.08.